The van der Waals surface area contributed by atoms with Crippen molar-refractivity contribution in [3.05, 3.63) is 48.2 Å². The summed E-state index contributed by atoms with van der Waals surface area (Å²) in [5.41, 5.74) is 1.07. The standard InChI is InChI=1S/C17H23N5O3S/c23-17(18-10-13-26(24,25)21-11-4-5-12-21)20-16-8-9-19-22(16)14-15-6-2-1-3-7-15/h1-3,6-9H,4-5,10-14H2,(H2,18,20,23). The van der Waals surface area contributed by atoms with Crippen LogP contribution in [0.1, 0.15) is 18.4 Å². The van der Waals surface area contributed by atoms with Gasteiger partial charge in [0.05, 0.1) is 18.5 Å². The van der Waals surface area contributed by atoms with Gasteiger partial charge in [-0.15, -0.1) is 0 Å². The molecule has 3 rings (SSSR count). The minimum Gasteiger partial charge on any atom is -0.337 e. The fourth-order valence-corrected chi connectivity index (χ4v) is 4.30. The number of benzene rings is 1. The molecule has 0 unspecified atom stereocenters. The first-order valence-corrected chi connectivity index (χ1v) is 10.2. The molecule has 26 heavy (non-hydrogen) atoms. The van der Waals surface area contributed by atoms with Crippen LogP contribution in [-0.4, -0.2) is 53.9 Å². The summed E-state index contributed by atoms with van der Waals surface area (Å²) < 4.78 is 27.4. The van der Waals surface area contributed by atoms with Gasteiger partial charge in [0.1, 0.15) is 5.82 Å². The van der Waals surface area contributed by atoms with E-state index in [0.29, 0.717) is 25.5 Å². The molecule has 1 aromatic carbocycles. The van der Waals surface area contributed by atoms with Crippen molar-refractivity contribution in [3.63, 3.8) is 0 Å². The average Bonchev–Trinajstić information content (AvgIpc) is 3.29. The predicted octanol–water partition coefficient (Wildman–Crippen LogP) is 1.48. The second-order valence-corrected chi connectivity index (χ2v) is 8.25. The second kappa shape index (κ2) is 8.33. The van der Waals surface area contributed by atoms with Gasteiger partial charge in [0.15, 0.2) is 0 Å². The van der Waals surface area contributed by atoms with Gasteiger partial charge in [-0.25, -0.2) is 22.2 Å². The van der Waals surface area contributed by atoms with Crippen LogP contribution in [0.3, 0.4) is 0 Å². The first kappa shape index (κ1) is 18.4. The Morgan fingerprint density at radius 3 is 2.58 bits per heavy atom. The van der Waals surface area contributed by atoms with E-state index in [1.54, 1.807) is 16.9 Å². The van der Waals surface area contributed by atoms with Crippen LogP contribution in [-0.2, 0) is 16.6 Å². The molecule has 9 heteroatoms. The molecule has 0 radical (unpaired) electrons. The predicted molar refractivity (Wildman–Crippen MR) is 99.4 cm³/mol. The van der Waals surface area contributed by atoms with Gasteiger partial charge in [-0.3, -0.25) is 5.32 Å². The largest absolute Gasteiger partial charge is 0.337 e. The van der Waals surface area contributed by atoms with Crippen LogP contribution in [0.4, 0.5) is 10.6 Å². The molecule has 1 fully saturated rings. The number of carbonyl (C=O) groups is 1. The summed E-state index contributed by atoms with van der Waals surface area (Å²) >= 11 is 0. The van der Waals surface area contributed by atoms with Crippen LogP contribution in [0.25, 0.3) is 0 Å². The molecule has 1 saturated heterocycles. The summed E-state index contributed by atoms with van der Waals surface area (Å²) in [6.45, 7) is 1.75. The minimum absolute atomic E-state index is 0.0670. The molecular formula is C17H23N5O3S. The normalized spacial score (nSPS) is 15.1. The fraction of sp³-hybridized carbons (Fsp3) is 0.412. The van der Waals surface area contributed by atoms with Gasteiger partial charge >= 0.3 is 6.03 Å². The zero-order valence-corrected chi connectivity index (χ0v) is 15.3. The third-order valence-electron chi connectivity index (χ3n) is 4.24. The molecule has 1 aliphatic heterocycles. The highest BCUT2D eigenvalue weighted by Gasteiger charge is 2.24. The average molecular weight is 377 g/mol. The fourth-order valence-electron chi connectivity index (χ4n) is 2.87. The summed E-state index contributed by atoms with van der Waals surface area (Å²) in [5, 5.41) is 9.51. The number of anilines is 1. The number of hydrogen-bond acceptors (Lipinski definition) is 4. The van der Waals surface area contributed by atoms with Gasteiger partial charge in [-0.2, -0.15) is 5.10 Å². The molecule has 1 aliphatic rings. The maximum Gasteiger partial charge on any atom is 0.320 e. The highest BCUT2D eigenvalue weighted by atomic mass is 32.2. The first-order chi connectivity index (χ1) is 12.5. The van der Waals surface area contributed by atoms with Crippen LogP contribution in [0.15, 0.2) is 42.6 Å². The van der Waals surface area contributed by atoms with Gasteiger partial charge in [-0.05, 0) is 18.4 Å². The van der Waals surface area contributed by atoms with Crippen molar-refractivity contribution in [2.75, 3.05) is 30.7 Å². The molecule has 0 spiro atoms. The Morgan fingerprint density at radius 1 is 1.12 bits per heavy atom. The molecule has 2 heterocycles. The van der Waals surface area contributed by atoms with E-state index in [1.807, 2.05) is 30.3 Å². The highest BCUT2D eigenvalue weighted by Crippen LogP contribution is 2.13. The van der Waals surface area contributed by atoms with Crippen LogP contribution >= 0.6 is 0 Å². The molecule has 2 N–H and O–H groups in total. The number of carbonyl (C=O) groups excluding carboxylic acids is 1. The van der Waals surface area contributed by atoms with Gasteiger partial charge in [0.25, 0.3) is 0 Å². The van der Waals surface area contributed by atoms with E-state index in [1.165, 1.54) is 4.31 Å². The molecular weight excluding hydrogens is 354 g/mol. The summed E-state index contributed by atoms with van der Waals surface area (Å²) in [7, 11) is -3.29. The van der Waals surface area contributed by atoms with Crippen molar-refractivity contribution in [3.8, 4) is 0 Å². The van der Waals surface area contributed by atoms with Crippen LogP contribution in [0, 0.1) is 0 Å². The Morgan fingerprint density at radius 2 is 1.85 bits per heavy atom. The lowest BCUT2D eigenvalue weighted by molar-refractivity contribution is 0.252. The Hall–Kier alpha value is -2.39. The summed E-state index contributed by atoms with van der Waals surface area (Å²) in [6, 6.07) is 11.0. The van der Waals surface area contributed by atoms with Crippen LogP contribution in [0.2, 0.25) is 0 Å². The minimum atomic E-state index is -3.29. The summed E-state index contributed by atoms with van der Waals surface area (Å²) in [5.74, 6) is 0.456. The number of aromatic nitrogens is 2. The molecule has 8 nitrogen and oxygen atoms in total. The van der Waals surface area contributed by atoms with E-state index in [0.717, 1.165) is 18.4 Å². The molecule has 140 valence electrons. The van der Waals surface area contributed by atoms with Gasteiger partial charge in [-0.1, -0.05) is 30.3 Å². The van der Waals surface area contributed by atoms with E-state index in [-0.39, 0.29) is 12.3 Å². The molecule has 1 aromatic heterocycles. The number of nitrogens with one attached hydrogen (secondary N) is 2. The van der Waals surface area contributed by atoms with E-state index < -0.39 is 16.1 Å². The van der Waals surface area contributed by atoms with Gasteiger partial charge in [0, 0.05) is 25.7 Å². The smallest absolute Gasteiger partial charge is 0.320 e. The number of nitrogens with zero attached hydrogens (tertiary/aromatic N) is 3. The summed E-state index contributed by atoms with van der Waals surface area (Å²) in [4.78, 5) is 12.1. The SMILES string of the molecule is O=C(NCCS(=O)(=O)N1CCCC1)Nc1ccnn1Cc1ccccc1. The van der Waals surface area contributed by atoms with Gasteiger partial charge < -0.3 is 5.32 Å². The zero-order chi connectivity index (χ0) is 18.4. The maximum atomic E-state index is 12.1. The van der Waals surface area contributed by atoms with Crippen molar-refractivity contribution in [1.82, 2.24) is 19.4 Å². The Bertz CT molecular complexity index is 829. The van der Waals surface area contributed by atoms with Crippen molar-refractivity contribution in [2.45, 2.75) is 19.4 Å². The third kappa shape index (κ3) is 4.83. The molecule has 0 aliphatic carbocycles. The monoisotopic (exact) mass is 377 g/mol. The van der Waals surface area contributed by atoms with Crippen LogP contribution in [0.5, 0.6) is 0 Å². The Balaban J connectivity index is 1.49. The number of rotatable bonds is 7. The quantitative estimate of drug-likeness (QED) is 0.764. The first-order valence-electron chi connectivity index (χ1n) is 8.63. The lowest BCUT2D eigenvalue weighted by Crippen LogP contribution is -2.38. The van der Waals surface area contributed by atoms with Crippen molar-refractivity contribution in [2.24, 2.45) is 0 Å². The van der Waals surface area contributed by atoms with E-state index in [9.17, 15) is 13.2 Å². The third-order valence-corrected chi connectivity index (χ3v) is 6.11. The highest BCUT2D eigenvalue weighted by molar-refractivity contribution is 7.89. The number of amides is 2. The molecule has 2 aromatic rings. The molecule has 0 bridgehead atoms. The van der Waals surface area contributed by atoms with Crippen molar-refractivity contribution < 1.29 is 13.2 Å². The van der Waals surface area contributed by atoms with E-state index >= 15 is 0 Å². The van der Waals surface area contributed by atoms with Crippen molar-refractivity contribution in [1.29, 1.82) is 0 Å². The Kier molecular flexibility index (Phi) is 5.89. The summed E-state index contributed by atoms with van der Waals surface area (Å²) in [6.07, 6.45) is 3.41. The molecule has 0 saturated carbocycles. The topological polar surface area (TPSA) is 96.3 Å². The van der Waals surface area contributed by atoms with E-state index in [2.05, 4.69) is 15.7 Å². The maximum absolute atomic E-state index is 12.1. The second-order valence-electron chi connectivity index (χ2n) is 6.16. The number of hydrogen-bond donors (Lipinski definition) is 2. The number of sulfonamides is 1. The van der Waals surface area contributed by atoms with Crippen molar-refractivity contribution >= 4 is 21.9 Å². The van der Waals surface area contributed by atoms with E-state index in [4.69, 9.17) is 0 Å². The Labute approximate surface area is 153 Å². The number of urea groups is 1. The molecule has 0 atom stereocenters. The lowest BCUT2D eigenvalue weighted by atomic mass is 10.2. The molecule has 2 amide bonds. The van der Waals surface area contributed by atoms with Crippen LogP contribution < -0.4 is 10.6 Å². The lowest BCUT2D eigenvalue weighted by Gasteiger charge is -2.15. The van der Waals surface area contributed by atoms with Gasteiger partial charge in [0.2, 0.25) is 10.0 Å². The zero-order valence-electron chi connectivity index (χ0n) is 14.5.